The fourth-order valence-electron chi connectivity index (χ4n) is 4.75. The molecule has 0 amide bonds. The number of fused-ring (bicyclic) bond motifs is 2. The number of imidazole rings is 1. The molecular weight excluding hydrogens is 426 g/mol. The summed E-state index contributed by atoms with van der Waals surface area (Å²) in [4.78, 5) is 9.69. The minimum Gasteiger partial charge on any atom is -0.460 e. The molecule has 0 atom stereocenters. The lowest BCUT2D eigenvalue weighted by molar-refractivity contribution is 0.491. The zero-order chi connectivity index (χ0) is 20.1. The molecular formula is C24H26BrN3O. The molecule has 1 saturated carbocycles. The number of hydrogen-bond acceptors (Lipinski definition) is 3. The Morgan fingerprint density at radius 3 is 2.69 bits per heavy atom. The van der Waals surface area contributed by atoms with Crippen molar-refractivity contribution in [2.24, 2.45) is 0 Å². The molecule has 5 heteroatoms. The van der Waals surface area contributed by atoms with Crippen molar-refractivity contribution in [1.82, 2.24) is 14.5 Å². The van der Waals surface area contributed by atoms with Crippen molar-refractivity contribution in [3.63, 3.8) is 0 Å². The normalized spacial score (nSPS) is 15.2. The van der Waals surface area contributed by atoms with Crippen LogP contribution < -0.4 is 0 Å². The summed E-state index contributed by atoms with van der Waals surface area (Å²) >= 11 is 3.84. The Labute approximate surface area is 179 Å². The lowest BCUT2D eigenvalue weighted by Gasteiger charge is -2.09. The van der Waals surface area contributed by atoms with Crippen LogP contribution in [0.2, 0.25) is 0 Å². The first-order valence-electron chi connectivity index (χ1n) is 10.6. The predicted octanol–water partition coefficient (Wildman–Crippen LogP) is 6.83. The van der Waals surface area contributed by atoms with E-state index in [4.69, 9.17) is 14.4 Å². The number of halogens is 1. The molecule has 0 unspecified atom stereocenters. The summed E-state index contributed by atoms with van der Waals surface area (Å²) in [5.41, 5.74) is 6.44. The number of aromatic nitrogens is 3. The van der Waals surface area contributed by atoms with E-state index in [0.717, 1.165) is 51.5 Å². The molecule has 150 valence electrons. The van der Waals surface area contributed by atoms with Crippen LogP contribution in [-0.2, 0) is 13.0 Å². The van der Waals surface area contributed by atoms with Gasteiger partial charge in [-0.3, -0.25) is 0 Å². The number of furan rings is 1. The van der Waals surface area contributed by atoms with Crippen molar-refractivity contribution in [2.45, 2.75) is 65.3 Å². The van der Waals surface area contributed by atoms with E-state index in [1.54, 1.807) is 0 Å². The number of nitrogens with zero attached hydrogens (tertiary/aromatic N) is 3. The highest BCUT2D eigenvalue weighted by atomic mass is 79.9. The van der Waals surface area contributed by atoms with Gasteiger partial charge in [-0.2, -0.15) is 0 Å². The Kier molecular flexibility index (Phi) is 4.73. The average Bonchev–Trinajstić information content (AvgIpc) is 3.41. The Hall–Kier alpha value is -2.14. The maximum Gasteiger partial charge on any atom is 0.160 e. The topological polar surface area (TPSA) is 43.9 Å². The zero-order valence-corrected chi connectivity index (χ0v) is 18.8. The van der Waals surface area contributed by atoms with Crippen LogP contribution in [0.1, 0.15) is 66.9 Å². The molecule has 0 N–H and O–H groups in total. The van der Waals surface area contributed by atoms with Gasteiger partial charge in [0, 0.05) is 23.4 Å². The van der Waals surface area contributed by atoms with Crippen molar-refractivity contribution in [1.29, 1.82) is 0 Å². The van der Waals surface area contributed by atoms with Crippen molar-refractivity contribution in [3.8, 4) is 0 Å². The number of aryl methyl sites for hydroxylation is 3. The van der Waals surface area contributed by atoms with Gasteiger partial charge >= 0.3 is 0 Å². The maximum atomic E-state index is 6.24. The molecule has 0 saturated heterocycles. The second-order valence-electron chi connectivity index (χ2n) is 8.31. The Morgan fingerprint density at radius 1 is 1.14 bits per heavy atom. The van der Waals surface area contributed by atoms with Crippen LogP contribution in [0.3, 0.4) is 0 Å². The van der Waals surface area contributed by atoms with Gasteiger partial charge < -0.3 is 8.98 Å². The summed E-state index contributed by atoms with van der Waals surface area (Å²) in [5, 5.41) is 1.17. The Bertz CT molecular complexity index is 1210. The van der Waals surface area contributed by atoms with Crippen LogP contribution in [0.25, 0.3) is 22.1 Å². The molecule has 0 spiro atoms. The monoisotopic (exact) mass is 451 g/mol. The lowest BCUT2D eigenvalue weighted by atomic mass is 10.0. The van der Waals surface area contributed by atoms with Gasteiger partial charge in [0.05, 0.1) is 11.0 Å². The standard InChI is InChI=1S/C24H26BrN3O/c1-4-20-27-22-14(2)11-15(3)26-24(22)28(20)13-16-9-10-19-18(12-16)21(25)23(29-19)17-7-5-6-8-17/h9-12,17H,4-8,13H2,1-3H3. The van der Waals surface area contributed by atoms with E-state index in [-0.39, 0.29) is 0 Å². The van der Waals surface area contributed by atoms with Crippen LogP contribution in [0.15, 0.2) is 33.2 Å². The Balaban J connectivity index is 1.57. The van der Waals surface area contributed by atoms with Crippen molar-refractivity contribution >= 4 is 38.1 Å². The fraction of sp³-hybridized carbons (Fsp3) is 0.417. The molecule has 0 bridgehead atoms. The van der Waals surface area contributed by atoms with E-state index in [1.165, 1.54) is 42.2 Å². The van der Waals surface area contributed by atoms with Gasteiger partial charge in [-0.05, 0) is 71.9 Å². The quantitative estimate of drug-likeness (QED) is 0.341. The summed E-state index contributed by atoms with van der Waals surface area (Å²) in [7, 11) is 0. The van der Waals surface area contributed by atoms with Gasteiger partial charge in [-0.15, -0.1) is 0 Å². The van der Waals surface area contributed by atoms with E-state index in [1.807, 2.05) is 0 Å². The second-order valence-corrected chi connectivity index (χ2v) is 9.11. The van der Waals surface area contributed by atoms with E-state index in [2.05, 4.69) is 65.5 Å². The smallest absolute Gasteiger partial charge is 0.160 e. The molecule has 1 aromatic carbocycles. The largest absolute Gasteiger partial charge is 0.460 e. The first kappa shape index (κ1) is 18.9. The summed E-state index contributed by atoms with van der Waals surface area (Å²) < 4.78 is 9.64. The first-order chi connectivity index (χ1) is 14.0. The van der Waals surface area contributed by atoms with E-state index in [9.17, 15) is 0 Å². The van der Waals surface area contributed by atoms with Crippen molar-refractivity contribution in [2.75, 3.05) is 0 Å². The van der Waals surface area contributed by atoms with Gasteiger partial charge in [0.15, 0.2) is 5.65 Å². The molecule has 0 radical (unpaired) electrons. The third kappa shape index (κ3) is 3.20. The van der Waals surface area contributed by atoms with E-state index < -0.39 is 0 Å². The van der Waals surface area contributed by atoms with E-state index in [0.29, 0.717) is 5.92 Å². The van der Waals surface area contributed by atoms with Crippen molar-refractivity contribution < 1.29 is 4.42 Å². The number of hydrogen-bond donors (Lipinski definition) is 0. The molecule has 29 heavy (non-hydrogen) atoms. The van der Waals surface area contributed by atoms with Gasteiger partial charge in [0.2, 0.25) is 0 Å². The highest BCUT2D eigenvalue weighted by Gasteiger charge is 2.25. The molecule has 3 heterocycles. The van der Waals surface area contributed by atoms with Gasteiger partial charge in [-0.1, -0.05) is 25.8 Å². The molecule has 1 aliphatic carbocycles. The third-order valence-corrected chi connectivity index (χ3v) is 7.02. The molecule has 0 aliphatic heterocycles. The summed E-state index contributed by atoms with van der Waals surface area (Å²) in [6, 6.07) is 8.65. The molecule has 5 rings (SSSR count). The molecule has 1 aliphatic rings. The van der Waals surface area contributed by atoms with Gasteiger partial charge in [0.1, 0.15) is 22.7 Å². The highest BCUT2D eigenvalue weighted by Crippen LogP contribution is 2.42. The molecule has 4 aromatic rings. The molecule has 4 nitrogen and oxygen atoms in total. The van der Waals surface area contributed by atoms with Crippen molar-refractivity contribution in [3.05, 3.63) is 57.1 Å². The van der Waals surface area contributed by atoms with E-state index >= 15 is 0 Å². The number of benzene rings is 1. The van der Waals surface area contributed by atoms with Crippen LogP contribution >= 0.6 is 15.9 Å². The van der Waals surface area contributed by atoms with Gasteiger partial charge in [0.25, 0.3) is 0 Å². The number of pyridine rings is 1. The minimum absolute atomic E-state index is 0.555. The second kappa shape index (κ2) is 7.28. The SMILES string of the molecule is CCc1nc2c(C)cc(C)nc2n1Cc1ccc2oc(C3CCCC3)c(Br)c2c1. The zero-order valence-electron chi connectivity index (χ0n) is 17.3. The van der Waals surface area contributed by atoms with Crippen LogP contribution in [0.5, 0.6) is 0 Å². The maximum absolute atomic E-state index is 6.24. The molecule has 3 aromatic heterocycles. The summed E-state index contributed by atoms with van der Waals surface area (Å²) in [6.45, 7) is 7.09. The lowest BCUT2D eigenvalue weighted by Crippen LogP contribution is -2.05. The van der Waals surface area contributed by atoms with Crippen LogP contribution in [0.4, 0.5) is 0 Å². The average molecular weight is 452 g/mol. The van der Waals surface area contributed by atoms with Gasteiger partial charge in [-0.25, -0.2) is 9.97 Å². The first-order valence-corrected chi connectivity index (χ1v) is 11.4. The third-order valence-electron chi connectivity index (χ3n) is 6.20. The molecule has 1 fully saturated rings. The number of rotatable bonds is 4. The summed E-state index contributed by atoms with van der Waals surface area (Å²) in [6.07, 6.45) is 5.96. The Morgan fingerprint density at radius 2 is 1.93 bits per heavy atom. The van der Waals surface area contributed by atoms with Crippen LogP contribution in [-0.4, -0.2) is 14.5 Å². The highest BCUT2D eigenvalue weighted by molar-refractivity contribution is 9.10. The fourth-order valence-corrected chi connectivity index (χ4v) is 5.46. The van der Waals surface area contributed by atoms with Crippen LogP contribution in [0, 0.1) is 13.8 Å². The predicted molar refractivity (Wildman–Crippen MR) is 121 cm³/mol. The minimum atomic E-state index is 0.555. The summed E-state index contributed by atoms with van der Waals surface area (Å²) in [5.74, 6) is 2.77.